The Labute approximate surface area is 252 Å². The third-order valence-corrected chi connectivity index (χ3v) is 10.2. The van der Waals surface area contributed by atoms with Crippen molar-refractivity contribution in [2.24, 2.45) is 23.2 Å². The monoisotopic (exact) mass is 606 g/mol. The molecule has 2 heterocycles. The Balaban J connectivity index is 1.97. The van der Waals surface area contributed by atoms with Crippen LogP contribution in [-0.2, 0) is 38.1 Å². The normalized spacial score (nSPS) is 35.7. The summed E-state index contributed by atoms with van der Waals surface area (Å²) < 4.78 is 36.2. The van der Waals surface area contributed by atoms with E-state index in [0.29, 0.717) is 19.3 Å². The second kappa shape index (κ2) is 11.9. The minimum absolute atomic E-state index is 0.124. The fraction of sp³-hybridized carbons (Fsp3) is 0.750. The topological polar surface area (TPSA) is 148 Å². The molecule has 240 valence electrons. The van der Waals surface area contributed by atoms with E-state index < -0.39 is 82.8 Å². The zero-order chi connectivity index (χ0) is 32.0. The molecule has 2 bridgehead atoms. The van der Waals surface area contributed by atoms with Crippen molar-refractivity contribution < 1.29 is 52.4 Å². The van der Waals surface area contributed by atoms with Crippen LogP contribution in [0.25, 0.3) is 0 Å². The van der Waals surface area contributed by atoms with Crippen molar-refractivity contribution >= 4 is 23.9 Å². The lowest BCUT2D eigenvalue weighted by Gasteiger charge is -2.64. The highest BCUT2D eigenvalue weighted by Gasteiger charge is 2.81. The second-order valence-electron chi connectivity index (χ2n) is 13.3. The molecule has 43 heavy (non-hydrogen) atoms. The van der Waals surface area contributed by atoms with E-state index in [1.165, 1.54) is 25.5 Å². The minimum Gasteiger partial charge on any atom is -0.472 e. The first-order chi connectivity index (χ1) is 20.0. The van der Waals surface area contributed by atoms with Crippen LogP contribution in [0, 0.1) is 23.2 Å². The van der Waals surface area contributed by atoms with Crippen molar-refractivity contribution in [2.75, 3.05) is 6.61 Å². The largest absolute Gasteiger partial charge is 0.472 e. The highest BCUT2D eigenvalue weighted by atomic mass is 16.6. The Morgan fingerprint density at radius 1 is 1.00 bits per heavy atom. The quantitative estimate of drug-likeness (QED) is 0.299. The summed E-state index contributed by atoms with van der Waals surface area (Å²) in [7, 11) is 0. The van der Waals surface area contributed by atoms with Gasteiger partial charge in [0.2, 0.25) is 0 Å². The molecule has 2 saturated carbocycles. The lowest BCUT2D eigenvalue weighted by Crippen LogP contribution is -2.80. The van der Waals surface area contributed by atoms with Gasteiger partial charge in [-0.05, 0) is 58.4 Å². The van der Waals surface area contributed by atoms with Crippen molar-refractivity contribution in [1.82, 2.24) is 0 Å². The summed E-state index contributed by atoms with van der Waals surface area (Å²) in [5.41, 5.74) is -5.52. The zero-order valence-electron chi connectivity index (χ0n) is 26.5. The van der Waals surface area contributed by atoms with Gasteiger partial charge in [-0.25, -0.2) is 4.79 Å². The second-order valence-corrected chi connectivity index (χ2v) is 13.3. The highest BCUT2D eigenvalue weighted by molar-refractivity contribution is 5.89. The fourth-order valence-corrected chi connectivity index (χ4v) is 7.16. The van der Waals surface area contributed by atoms with Crippen molar-refractivity contribution in [1.29, 1.82) is 0 Å². The summed E-state index contributed by atoms with van der Waals surface area (Å²) in [5, 5.41) is 12.4. The summed E-state index contributed by atoms with van der Waals surface area (Å²) >= 11 is 0. The molecule has 1 aromatic heterocycles. The zero-order valence-corrected chi connectivity index (χ0v) is 26.5. The summed E-state index contributed by atoms with van der Waals surface area (Å²) in [6.07, 6.45) is 0.471. The smallest absolute Gasteiger partial charge is 0.341 e. The Morgan fingerprint density at radius 2 is 1.63 bits per heavy atom. The van der Waals surface area contributed by atoms with Gasteiger partial charge in [-0.15, -0.1) is 0 Å². The number of hydrogen-bond donors (Lipinski definition) is 1. The van der Waals surface area contributed by atoms with Crippen LogP contribution < -0.4 is 0 Å². The predicted molar refractivity (Wildman–Crippen MR) is 152 cm³/mol. The van der Waals surface area contributed by atoms with E-state index in [2.05, 4.69) is 0 Å². The molecule has 1 aromatic rings. The van der Waals surface area contributed by atoms with Gasteiger partial charge in [0.1, 0.15) is 36.1 Å². The lowest BCUT2D eigenvalue weighted by atomic mass is 9.47. The van der Waals surface area contributed by atoms with E-state index >= 15 is 0 Å². The van der Waals surface area contributed by atoms with Gasteiger partial charge in [0.15, 0.2) is 6.10 Å². The maximum Gasteiger partial charge on any atom is 0.341 e. The van der Waals surface area contributed by atoms with Gasteiger partial charge in [0, 0.05) is 13.3 Å². The number of carbonyl (C=O) groups excluding carboxylic acids is 4. The Hall–Kier alpha value is -2.92. The van der Waals surface area contributed by atoms with Crippen LogP contribution in [0.4, 0.5) is 0 Å². The Kier molecular flexibility index (Phi) is 9.11. The lowest BCUT2D eigenvalue weighted by molar-refractivity contribution is -0.338. The third-order valence-electron chi connectivity index (χ3n) is 10.2. The number of hydrogen-bond acceptors (Lipinski definition) is 11. The van der Waals surface area contributed by atoms with Crippen LogP contribution in [-0.4, -0.2) is 70.7 Å². The average Bonchev–Trinajstić information content (AvgIpc) is 3.55. The van der Waals surface area contributed by atoms with E-state index in [9.17, 15) is 24.3 Å². The van der Waals surface area contributed by atoms with E-state index in [1.54, 1.807) is 20.8 Å². The van der Waals surface area contributed by atoms with Crippen molar-refractivity contribution in [2.45, 2.75) is 123 Å². The summed E-state index contributed by atoms with van der Waals surface area (Å²) in [6, 6.07) is 1.46. The number of fused-ring (bicyclic) bond motifs is 1. The maximum atomic E-state index is 13.5. The van der Waals surface area contributed by atoms with Crippen LogP contribution in [0.5, 0.6) is 0 Å². The molecule has 11 heteroatoms. The molecule has 3 aliphatic rings. The molecule has 1 aliphatic heterocycles. The highest BCUT2D eigenvalue weighted by Crippen LogP contribution is 2.68. The molecule has 4 rings (SSSR count). The maximum absolute atomic E-state index is 13.5. The van der Waals surface area contributed by atoms with Crippen LogP contribution >= 0.6 is 0 Å². The molecule has 3 fully saturated rings. The van der Waals surface area contributed by atoms with Gasteiger partial charge in [-0.2, -0.15) is 0 Å². The molecule has 2 aliphatic carbocycles. The van der Waals surface area contributed by atoms with Crippen LogP contribution in [0.1, 0.15) is 97.9 Å². The molecule has 11 nitrogen and oxygen atoms in total. The molecule has 0 aromatic carbocycles. The summed E-state index contributed by atoms with van der Waals surface area (Å²) in [5.74, 6) is -3.59. The first-order valence-corrected chi connectivity index (χ1v) is 15.2. The SMILES string of the molecule is CC[C@@H](C)C(=O)O[C@H]1[C@@H](OC(=O)[C@@H](C)CC)C[C@](C)(O)[C@@]23C[C@@H](C[C@H](OC(=O)c4ccoc4)[C@]12COC(C)=O)C(C)(C)O3. The standard InChI is InChI=1S/C32H46O11/c1-9-18(3)26(34)40-23-15-30(8,37)32-14-22(29(6,7)43-32)13-24(41-28(36)21-11-12-38-16-21)31(32,17-39-20(5)33)25(23)42-27(35)19(4)10-2/h11-12,16,18-19,22-25,37H,9-10,13-15,17H2,1-8H3/t18-,19+,22+,23-,24-,25-,30-,31+,32-/m0/s1. The van der Waals surface area contributed by atoms with Gasteiger partial charge in [-0.3, -0.25) is 14.4 Å². The van der Waals surface area contributed by atoms with Crippen molar-refractivity contribution in [3.8, 4) is 0 Å². The molecule has 0 unspecified atom stereocenters. The number of carbonyl (C=O) groups is 4. The van der Waals surface area contributed by atoms with E-state index in [-0.39, 0.29) is 24.3 Å². The van der Waals surface area contributed by atoms with Crippen LogP contribution in [0.2, 0.25) is 0 Å². The molecular formula is C32H46O11. The van der Waals surface area contributed by atoms with Gasteiger partial charge in [0.25, 0.3) is 0 Å². The van der Waals surface area contributed by atoms with Gasteiger partial charge >= 0.3 is 23.9 Å². The van der Waals surface area contributed by atoms with E-state index in [1.807, 2.05) is 27.7 Å². The number of aliphatic hydroxyl groups is 1. The summed E-state index contributed by atoms with van der Waals surface area (Å²) in [6.45, 7) is 13.3. The first-order valence-electron chi connectivity index (χ1n) is 15.2. The predicted octanol–water partition coefficient (Wildman–Crippen LogP) is 4.38. The molecular weight excluding hydrogens is 560 g/mol. The van der Waals surface area contributed by atoms with Gasteiger partial charge < -0.3 is 33.2 Å². The van der Waals surface area contributed by atoms with Crippen LogP contribution in [0.3, 0.4) is 0 Å². The van der Waals surface area contributed by atoms with Crippen molar-refractivity contribution in [3.63, 3.8) is 0 Å². The number of furan rings is 1. The molecule has 9 atom stereocenters. The van der Waals surface area contributed by atoms with Gasteiger partial charge in [0.05, 0.1) is 34.9 Å². The van der Waals surface area contributed by atoms with Crippen LogP contribution in [0.15, 0.2) is 23.0 Å². The van der Waals surface area contributed by atoms with E-state index in [0.717, 1.165) is 0 Å². The Morgan fingerprint density at radius 3 is 2.19 bits per heavy atom. The third kappa shape index (κ3) is 5.59. The fourth-order valence-electron chi connectivity index (χ4n) is 7.16. The average molecular weight is 607 g/mol. The van der Waals surface area contributed by atoms with Crippen molar-refractivity contribution in [3.05, 3.63) is 24.2 Å². The van der Waals surface area contributed by atoms with Gasteiger partial charge in [-0.1, -0.05) is 27.7 Å². The van der Waals surface area contributed by atoms with E-state index in [4.69, 9.17) is 28.1 Å². The first kappa shape index (κ1) is 33.0. The number of rotatable bonds is 10. The number of ether oxygens (including phenoxy) is 5. The molecule has 0 amide bonds. The molecule has 0 radical (unpaired) electrons. The molecule has 1 saturated heterocycles. The Bertz CT molecular complexity index is 1200. The summed E-state index contributed by atoms with van der Waals surface area (Å²) in [4.78, 5) is 52.6. The minimum atomic E-state index is -1.69. The molecule has 1 N–H and O–H groups in total. The molecule has 1 spiro atoms. The number of esters is 4.